The van der Waals surface area contributed by atoms with E-state index >= 15 is 0 Å². The van der Waals surface area contributed by atoms with E-state index in [-0.39, 0.29) is 25.6 Å². The summed E-state index contributed by atoms with van der Waals surface area (Å²) < 4.78 is 69.6. The van der Waals surface area contributed by atoms with Crippen molar-refractivity contribution in [2.24, 2.45) is 0 Å². The largest absolute Gasteiger partial charge is 0.401 e. The summed E-state index contributed by atoms with van der Waals surface area (Å²) in [7, 11) is -9.90. The first kappa shape index (κ1) is 76.7. The zero-order valence-electron chi connectivity index (χ0n) is 53.6. The first-order valence-corrected chi connectivity index (χ1v) is 39.1. The van der Waals surface area contributed by atoms with Gasteiger partial charge in [-0.05, 0) is 135 Å². The van der Waals surface area contributed by atoms with Crippen LogP contribution in [-0.4, -0.2) is 138 Å². The molecule has 482 valence electrons. The number of aromatic nitrogens is 4. The number of nitrogens with one attached hydrogen (secondary N) is 2. The Kier molecular flexibility index (Phi) is 30.5. The lowest BCUT2D eigenvalue weighted by Gasteiger charge is -2.45. The Morgan fingerprint density at radius 1 is 0.724 bits per heavy atom. The zero-order valence-corrected chi connectivity index (χ0v) is 58.2. The first-order chi connectivity index (χ1) is 40.2. The molecule has 0 spiro atoms. The van der Waals surface area contributed by atoms with E-state index in [0.29, 0.717) is 61.2 Å². The van der Waals surface area contributed by atoms with Crippen molar-refractivity contribution in [3.05, 3.63) is 161 Å². The van der Waals surface area contributed by atoms with Gasteiger partial charge in [-0.2, -0.15) is 5.26 Å². The van der Waals surface area contributed by atoms with Crippen molar-refractivity contribution in [2.45, 2.75) is 183 Å². The van der Waals surface area contributed by atoms with Gasteiger partial charge in [-0.15, -0.1) is 0 Å². The Morgan fingerprint density at radius 3 is 1.49 bits per heavy atom. The van der Waals surface area contributed by atoms with Gasteiger partial charge in [0.05, 0.1) is 31.3 Å². The van der Waals surface area contributed by atoms with Gasteiger partial charge in [-0.1, -0.05) is 88.9 Å². The normalized spacial score (nSPS) is 19.6. The van der Waals surface area contributed by atoms with Crippen LogP contribution in [0, 0.1) is 31.8 Å². The van der Waals surface area contributed by atoms with Crippen LogP contribution in [0.1, 0.15) is 126 Å². The van der Waals surface area contributed by atoms with E-state index in [9.17, 15) is 28.3 Å². The van der Waals surface area contributed by atoms with Crippen molar-refractivity contribution in [2.75, 3.05) is 53.1 Å². The smallest absolute Gasteiger partial charge is 0.330 e. The van der Waals surface area contributed by atoms with Crippen molar-refractivity contribution in [1.29, 1.82) is 5.26 Å². The zero-order chi connectivity index (χ0) is 64.5. The van der Waals surface area contributed by atoms with Crippen LogP contribution in [-0.2, 0) is 36.6 Å². The summed E-state index contributed by atoms with van der Waals surface area (Å²) in [6, 6.07) is 24.5. The van der Waals surface area contributed by atoms with E-state index < -0.39 is 98.8 Å². The van der Waals surface area contributed by atoms with Gasteiger partial charge in [0, 0.05) is 67.2 Å². The van der Waals surface area contributed by atoms with Gasteiger partial charge >= 0.3 is 11.4 Å². The third-order valence-electron chi connectivity index (χ3n) is 13.8. The van der Waals surface area contributed by atoms with Crippen LogP contribution in [0.15, 0.2) is 116 Å². The Morgan fingerprint density at radius 2 is 1.13 bits per heavy atom. The monoisotopic (exact) mass is 1300 g/mol. The van der Waals surface area contributed by atoms with Crippen molar-refractivity contribution in [3.63, 3.8) is 0 Å². The minimum atomic E-state index is -2.92. The number of aryl methyl sites for hydroxylation is 2. The molecule has 2 fully saturated rings. The number of benzene rings is 2. The van der Waals surface area contributed by atoms with Crippen LogP contribution < -0.4 is 32.9 Å². The highest BCUT2D eigenvalue weighted by atomic mass is 31.2. The van der Waals surface area contributed by atoms with E-state index in [4.69, 9.17) is 39.3 Å². The number of ether oxygens (including phenoxy) is 2. The van der Waals surface area contributed by atoms with Crippen LogP contribution >= 0.6 is 31.1 Å². The second-order valence-corrected chi connectivity index (χ2v) is 38.0. The molecule has 20 nitrogen and oxygen atoms in total. The summed E-state index contributed by atoms with van der Waals surface area (Å²) in [5.74, 6) is 3.30. The molecule has 2 aliphatic heterocycles. The average molecular weight is 1300 g/mol. The quantitative estimate of drug-likeness (QED) is 0.0287. The number of aromatic amines is 2. The fraction of sp³-hybridized carbons (Fsp3) is 0.581. The van der Waals surface area contributed by atoms with Crippen LogP contribution in [0.3, 0.4) is 0 Å². The van der Waals surface area contributed by atoms with Crippen molar-refractivity contribution >= 4 is 49.8 Å². The minimum Gasteiger partial charge on any atom is -0.401 e. The molecule has 0 aliphatic carbocycles. The van der Waals surface area contributed by atoms with Crippen LogP contribution in [0.25, 0.3) is 4.85 Å². The summed E-state index contributed by atoms with van der Waals surface area (Å²) >= 11 is 0. The Bertz CT molecular complexity index is 3210. The Hall–Kier alpha value is -4.52. The summed E-state index contributed by atoms with van der Waals surface area (Å²) in [6.45, 7) is 43.9. The molecule has 2 N–H and O–H groups in total. The SMILES string of the molecule is C.CC(C)N(C(C)C)P(OCCC#N)N(C(C)C)C(C)C.Cc1cn([C@H]2CC(O[Si](c3ccccc3)(c3ccccc3)C(C)(C)C)[C@@H](/C=C/P(C)(C)=O)O2)c(=O)[nH]c1=O.[C-]#[N+]CCOP(C)OC1C[C@H](n2cc(C)c(=O)[nH]c2=O)O[C@@H]1/C=C/P(C)(C)=O. The lowest BCUT2D eigenvalue weighted by atomic mass is 10.2. The van der Waals surface area contributed by atoms with Gasteiger partial charge in [0.2, 0.25) is 6.54 Å². The van der Waals surface area contributed by atoms with Gasteiger partial charge in [0.15, 0.2) is 16.8 Å². The molecule has 0 saturated carbocycles. The molecular weight excluding hydrogens is 1200 g/mol. The van der Waals surface area contributed by atoms with Crippen molar-refractivity contribution < 1.29 is 36.6 Å². The number of nitriles is 1. The number of hydrogen-bond acceptors (Lipinski definition) is 15. The molecule has 0 radical (unpaired) electrons. The van der Waals surface area contributed by atoms with Gasteiger partial charge in [0.25, 0.3) is 19.4 Å². The molecule has 3 unspecified atom stereocenters. The minimum absolute atomic E-state index is 0. The summed E-state index contributed by atoms with van der Waals surface area (Å²) in [5, 5.41) is 10.8. The van der Waals surface area contributed by atoms with E-state index in [1.54, 1.807) is 64.9 Å². The number of hydrogen-bond donors (Lipinski definition) is 2. The van der Waals surface area contributed by atoms with Crippen LogP contribution in [0.5, 0.6) is 0 Å². The van der Waals surface area contributed by atoms with E-state index in [2.05, 4.69) is 131 Å². The predicted molar refractivity (Wildman–Crippen MR) is 358 cm³/mol. The van der Waals surface area contributed by atoms with Crippen LogP contribution in [0.2, 0.25) is 5.04 Å². The van der Waals surface area contributed by atoms with E-state index in [1.165, 1.54) is 21.5 Å². The number of H-pyrrole nitrogens is 2. The molecule has 4 aromatic rings. The second kappa shape index (κ2) is 34.6. The third kappa shape index (κ3) is 22.4. The lowest BCUT2D eigenvalue weighted by molar-refractivity contribution is 0.00686. The molecule has 2 aliphatic rings. The molecule has 2 saturated heterocycles. The highest BCUT2D eigenvalue weighted by Crippen LogP contribution is 2.51. The standard InChI is InChI=1S/C29H37N2O5PSi.C17H25N3O6P2.C15H32N3OP.CH4/c1-21-20-31(28(33)30-27(21)32)26-19-25(24(35-26)17-18-37(5,6)34)36-38(29(2,3)4,22-13-9-7-10-14-22)23-15-11-8-12-16-23;1-12-11-20(17(22)19-16(12)21)15-10-14(26-27(3)24-8-7-18-2)13(25-15)6-9-28(4,5)23;1-12(2)17(13(3)4)20(19-11-9-10-16)18(14(5)6)15(7)8;/h7-18,20,24-26H,19H2,1-6H3,(H,30,32,33);6,9,11,13-15H,7-8,10H2,1,3-5H3,(H,19,21,22);12-15H,9,11H2,1-8H3;1H4/b18-17+;9-6+;;/t24-,25?,26-;13-,14?,15-,27?;;/m11../s1. The molecule has 2 aromatic carbocycles. The Labute approximate surface area is 520 Å². The van der Waals surface area contributed by atoms with E-state index in [1.807, 2.05) is 42.5 Å². The average Bonchev–Trinajstić information content (AvgIpc) is 1.77. The molecule has 25 heteroatoms. The topological polar surface area (TPSA) is 234 Å². The molecule has 7 atom stereocenters. The molecule has 87 heavy (non-hydrogen) atoms. The van der Waals surface area contributed by atoms with Crippen molar-refractivity contribution in [3.8, 4) is 6.07 Å². The maximum Gasteiger partial charge on any atom is 0.330 e. The van der Waals surface area contributed by atoms with Gasteiger partial charge in [-0.3, -0.25) is 28.7 Å². The maximum atomic E-state index is 12.7. The fourth-order valence-electron chi connectivity index (χ4n) is 10.2. The second-order valence-electron chi connectivity index (χ2n) is 24.3. The highest BCUT2D eigenvalue weighted by Gasteiger charge is 2.54. The van der Waals surface area contributed by atoms with E-state index in [0.717, 1.165) is 10.4 Å². The molecule has 6 rings (SSSR count). The number of nitrogens with zero attached hydrogens (tertiary/aromatic N) is 6. The fourth-order valence-corrected chi connectivity index (χ4v) is 19.4. The summed E-state index contributed by atoms with van der Waals surface area (Å²) in [6.07, 6.45) is 4.51. The number of rotatable bonds is 24. The Balaban J connectivity index is 0.000000359. The van der Waals surface area contributed by atoms with Crippen molar-refractivity contribution in [1.82, 2.24) is 28.4 Å². The van der Waals surface area contributed by atoms with Gasteiger partial charge in [0.1, 0.15) is 45.6 Å². The predicted octanol–water partition coefficient (Wildman–Crippen LogP) is 11.8. The molecule has 2 aromatic heterocycles. The molecule has 0 bridgehead atoms. The summed E-state index contributed by atoms with van der Waals surface area (Å²) in [4.78, 5) is 56.4. The summed E-state index contributed by atoms with van der Waals surface area (Å²) in [5.41, 5.74) is -1.14. The maximum absolute atomic E-state index is 12.7. The molecule has 4 heterocycles. The molecular formula is C62H98N8O12P4Si. The third-order valence-corrected chi connectivity index (χ3v) is 24.9. The van der Waals surface area contributed by atoms with Gasteiger partial charge in [-0.25, -0.2) is 25.5 Å². The lowest BCUT2D eigenvalue weighted by Crippen LogP contribution is -2.68. The van der Waals surface area contributed by atoms with Crippen LogP contribution in [0.4, 0.5) is 0 Å². The highest BCUT2D eigenvalue weighted by molar-refractivity contribution is 7.65. The molecule has 0 amide bonds. The van der Waals surface area contributed by atoms with Gasteiger partial charge < -0.3 is 41.4 Å². The first-order valence-electron chi connectivity index (χ1n) is 29.1.